The third kappa shape index (κ3) is 3.41. The first-order valence-electron chi connectivity index (χ1n) is 8.19. The van der Waals surface area contributed by atoms with E-state index in [-0.39, 0.29) is 11.8 Å². The van der Waals surface area contributed by atoms with E-state index in [0.29, 0.717) is 37.2 Å². The first-order chi connectivity index (χ1) is 11.6. The highest BCUT2D eigenvalue weighted by Gasteiger charge is 2.33. The Morgan fingerprint density at radius 1 is 1.21 bits per heavy atom. The molecule has 24 heavy (non-hydrogen) atoms. The molecule has 1 aromatic rings. The summed E-state index contributed by atoms with van der Waals surface area (Å²) in [4.78, 5) is 37.7. The first kappa shape index (κ1) is 16.4. The van der Waals surface area contributed by atoms with Gasteiger partial charge in [-0.15, -0.1) is 0 Å². The number of hydrogen-bond donors (Lipinski definition) is 2. The van der Waals surface area contributed by atoms with Gasteiger partial charge in [0.25, 0.3) is 11.8 Å². The van der Waals surface area contributed by atoms with Crippen LogP contribution < -0.4 is 11.1 Å². The molecule has 0 unspecified atom stereocenters. The minimum absolute atomic E-state index is 0.201. The number of carbonyl (C=O) groups excluding carboxylic acids is 3. The molecule has 0 radical (unpaired) electrons. The third-order valence-electron chi connectivity index (χ3n) is 4.44. The number of benzene rings is 1. The van der Waals surface area contributed by atoms with Gasteiger partial charge in [-0.25, -0.2) is 0 Å². The fourth-order valence-corrected chi connectivity index (χ4v) is 3.21. The lowest BCUT2D eigenvalue weighted by molar-refractivity contribution is -0.124. The predicted octanol–water partition coefficient (Wildman–Crippen LogP) is 0.894. The van der Waals surface area contributed by atoms with Crippen molar-refractivity contribution < 1.29 is 19.1 Å². The summed E-state index contributed by atoms with van der Waals surface area (Å²) in [5, 5.41) is 2.78. The molecule has 7 heteroatoms. The van der Waals surface area contributed by atoms with Crippen molar-refractivity contribution in [1.29, 1.82) is 0 Å². The number of ether oxygens (including phenoxy) is 1. The molecule has 2 saturated heterocycles. The molecule has 2 aliphatic rings. The highest BCUT2D eigenvalue weighted by atomic mass is 16.5. The minimum Gasteiger partial charge on any atom is -0.368 e. The Morgan fingerprint density at radius 3 is 2.75 bits per heavy atom. The molecular weight excluding hydrogens is 310 g/mol. The normalized spacial score (nSPS) is 23.2. The van der Waals surface area contributed by atoms with Gasteiger partial charge in [0.15, 0.2) is 0 Å². The Labute approximate surface area is 140 Å². The molecule has 2 fully saturated rings. The molecule has 2 aliphatic heterocycles. The smallest absolute Gasteiger partial charge is 0.254 e. The maximum atomic E-state index is 12.6. The highest BCUT2D eigenvalue weighted by molar-refractivity contribution is 6.00. The van der Waals surface area contributed by atoms with Crippen LogP contribution in [0, 0.1) is 0 Å². The van der Waals surface area contributed by atoms with Gasteiger partial charge in [0.1, 0.15) is 12.1 Å². The van der Waals surface area contributed by atoms with Crippen LogP contribution in [0.25, 0.3) is 0 Å². The molecule has 7 nitrogen and oxygen atoms in total. The van der Waals surface area contributed by atoms with Crippen molar-refractivity contribution in [2.75, 3.05) is 18.5 Å². The summed E-state index contributed by atoms with van der Waals surface area (Å²) in [7, 11) is 0. The average molecular weight is 331 g/mol. The monoisotopic (exact) mass is 331 g/mol. The second-order valence-electron chi connectivity index (χ2n) is 6.13. The van der Waals surface area contributed by atoms with Crippen molar-refractivity contribution in [3.63, 3.8) is 0 Å². The SMILES string of the molecule is NC(=O)[C@@H]1CCCN1C(=O)c1cccc(NC(=O)[C@@H]2CCCO2)c1. The number of nitrogens with two attached hydrogens (primary N) is 1. The molecule has 2 heterocycles. The van der Waals surface area contributed by atoms with E-state index in [2.05, 4.69) is 5.32 Å². The lowest BCUT2D eigenvalue weighted by atomic mass is 10.1. The van der Waals surface area contributed by atoms with Gasteiger partial charge in [-0.2, -0.15) is 0 Å². The quantitative estimate of drug-likeness (QED) is 0.855. The van der Waals surface area contributed by atoms with Crippen molar-refractivity contribution in [1.82, 2.24) is 4.90 Å². The Kier molecular flexibility index (Phi) is 4.80. The van der Waals surface area contributed by atoms with Crippen molar-refractivity contribution in [2.24, 2.45) is 5.73 Å². The van der Waals surface area contributed by atoms with Gasteiger partial charge in [0.2, 0.25) is 5.91 Å². The Bertz CT molecular complexity index is 655. The Morgan fingerprint density at radius 2 is 2.04 bits per heavy atom. The number of hydrogen-bond acceptors (Lipinski definition) is 4. The van der Waals surface area contributed by atoms with E-state index >= 15 is 0 Å². The fraction of sp³-hybridized carbons (Fsp3) is 0.471. The van der Waals surface area contributed by atoms with Crippen molar-refractivity contribution in [3.8, 4) is 0 Å². The summed E-state index contributed by atoms with van der Waals surface area (Å²) in [6.45, 7) is 1.11. The molecule has 1 aromatic carbocycles. The van der Waals surface area contributed by atoms with Gasteiger partial charge in [-0.3, -0.25) is 14.4 Å². The van der Waals surface area contributed by atoms with Gasteiger partial charge in [0, 0.05) is 24.4 Å². The van der Waals surface area contributed by atoms with E-state index in [4.69, 9.17) is 10.5 Å². The maximum Gasteiger partial charge on any atom is 0.254 e. The molecule has 3 N–H and O–H groups in total. The number of carbonyl (C=O) groups is 3. The van der Waals surface area contributed by atoms with Crippen LogP contribution >= 0.6 is 0 Å². The van der Waals surface area contributed by atoms with Crippen LogP contribution in [0.4, 0.5) is 5.69 Å². The molecular formula is C17H21N3O4. The van der Waals surface area contributed by atoms with Gasteiger partial charge >= 0.3 is 0 Å². The number of nitrogens with one attached hydrogen (secondary N) is 1. The van der Waals surface area contributed by atoms with Crippen LogP contribution in [0.2, 0.25) is 0 Å². The number of anilines is 1. The van der Waals surface area contributed by atoms with Crippen LogP contribution in [0.3, 0.4) is 0 Å². The number of rotatable bonds is 4. The molecule has 128 valence electrons. The van der Waals surface area contributed by atoms with E-state index in [1.807, 2.05) is 0 Å². The van der Waals surface area contributed by atoms with E-state index in [0.717, 1.165) is 12.8 Å². The van der Waals surface area contributed by atoms with Gasteiger partial charge < -0.3 is 20.7 Å². The molecule has 0 saturated carbocycles. The second kappa shape index (κ2) is 7.00. The van der Waals surface area contributed by atoms with E-state index in [1.54, 1.807) is 24.3 Å². The molecule has 3 rings (SSSR count). The number of amides is 3. The zero-order valence-electron chi connectivity index (χ0n) is 13.4. The van der Waals surface area contributed by atoms with E-state index in [1.165, 1.54) is 4.90 Å². The van der Waals surface area contributed by atoms with Crippen LogP contribution in [0.1, 0.15) is 36.0 Å². The second-order valence-corrected chi connectivity index (χ2v) is 6.13. The van der Waals surface area contributed by atoms with Crippen LogP contribution in [-0.2, 0) is 14.3 Å². The van der Waals surface area contributed by atoms with Gasteiger partial charge in [-0.1, -0.05) is 6.07 Å². The Hall–Kier alpha value is -2.41. The van der Waals surface area contributed by atoms with Crippen LogP contribution in [0.5, 0.6) is 0 Å². The first-order valence-corrected chi connectivity index (χ1v) is 8.19. The maximum absolute atomic E-state index is 12.6. The molecule has 2 atom stereocenters. The summed E-state index contributed by atoms with van der Waals surface area (Å²) in [5.74, 6) is -0.929. The van der Waals surface area contributed by atoms with E-state index < -0.39 is 18.1 Å². The predicted molar refractivity (Wildman–Crippen MR) is 87.3 cm³/mol. The molecule has 3 amide bonds. The lowest BCUT2D eigenvalue weighted by Crippen LogP contribution is -2.43. The zero-order valence-corrected chi connectivity index (χ0v) is 13.4. The summed E-state index contributed by atoms with van der Waals surface area (Å²) in [5.41, 5.74) is 6.33. The standard InChI is InChI=1S/C17H21N3O4/c18-15(21)13-6-2-8-20(13)17(23)11-4-1-5-12(10-11)19-16(22)14-7-3-9-24-14/h1,4-5,10,13-14H,2-3,6-9H2,(H2,18,21)(H,19,22)/t13-,14-/m0/s1. The molecule has 0 bridgehead atoms. The summed E-state index contributed by atoms with van der Waals surface area (Å²) < 4.78 is 5.35. The zero-order chi connectivity index (χ0) is 17.1. The number of nitrogens with zero attached hydrogens (tertiary/aromatic N) is 1. The van der Waals surface area contributed by atoms with Crippen molar-refractivity contribution in [3.05, 3.63) is 29.8 Å². The highest BCUT2D eigenvalue weighted by Crippen LogP contribution is 2.22. The number of primary amides is 1. The third-order valence-corrected chi connectivity index (χ3v) is 4.44. The minimum atomic E-state index is -0.553. The summed E-state index contributed by atoms with van der Waals surface area (Å²) in [6, 6.07) is 6.15. The van der Waals surface area contributed by atoms with Crippen LogP contribution in [-0.4, -0.2) is 47.9 Å². The topological polar surface area (TPSA) is 102 Å². The van der Waals surface area contributed by atoms with E-state index in [9.17, 15) is 14.4 Å². The Balaban J connectivity index is 1.71. The van der Waals surface area contributed by atoms with Crippen molar-refractivity contribution in [2.45, 2.75) is 37.8 Å². The summed E-state index contributed by atoms with van der Waals surface area (Å²) >= 11 is 0. The average Bonchev–Trinajstić information content (AvgIpc) is 3.25. The molecule has 0 aliphatic carbocycles. The molecule has 0 aromatic heterocycles. The van der Waals surface area contributed by atoms with Crippen LogP contribution in [0.15, 0.2) is 24.3 Å². The fourth-order valence-electron chi connectivity index (χ4n) is 3.21. The van der Waals surface area contributed by atoms with Crippen molar-refractivity contribution >= 4 is 23.4 Å². The van der Waals surface area contributed by atoms with Gasteiger partial charge in [0.05, 0.1) is 0 Å². The lowest BCUT2D eigenvalue weighted by Gasteiger charge is -2.22. The van der Waals surface area contributed by atoms with Gasteiger partial charge in [-0.05, 0) is 43.9 Å². The summed E-state index contributed by atoms with van der Waals surface area (Å²) in [6.07, 6.45) is 2.51. The molecule has 0 spiro atoms. The number of likely N-dealkylation sites (tertiary alicyclic amines) is 1. The largest absolute Gasteiger partial charge is 0.368 e.